The minimum absolute atomic E-state index is 0.00973. The van der Waals surface area contributed by atoms with E-state index in [-0.39, 0.29) is 18.1 Å². The number of nitrogens with two attached hydrogens (primary N) is 1. The van der Waals surface area contributed by atoms with Gasteiger partial charge in [0.25, 0.3) is 0 Å². The molecule has 2 heterocycles. The number of likely N-dealkylation sites (N-methyl/N-ethyl adjacent to an activating group) is 1. The minimum Gasteiger partial charge on any atom is -0.446 e. The maximum atomic E-state index is 12.4. The number of aldehydes is 1. The zero-order valence-electron chi connectivity index (χ0n) is 27.8. The molecule has 2 aliphatic rings. The van der Waals surface area contributed by atoms with Crippen molar-refractivity contribution in [1.29, 1.82) is 0 Å². The number of carbonyl (C=O) groups excluding carboxylic acids is 3. The zero-order chi connectivity index (χ0) is 33.9. The van der Waals surface area contributed by atoms with Gasteiger partial charge >= 0.3 is 6.09 Å². The van der Waals surface area contributed by atoms with Crippen molar-refractivity contribution in [2.45, 2.75) is 38.6 Å². The molecule has 1 saturated heterocycles. The summed E-state index contributed by atoms with van der Waals surface area (Å²) in [5.41, 5.74) is 13.0. The molecule has 3 N–H and O–H groups in total. The van der Waals surface area contributed by atoms with Crippen LogP contribution in [-0.2, 0) is 24.4 Å². The number of fused-ring (bicyclic) bond motifs is 1. The van der Waals surface area contributed by atoms with Gasteiger partial charge < -0.3 is 20.3 Å². The van der Waals surface area contributed by atoms with E-state index in [1.165, 1.54) is 11.1 Å². The van der Waals surface area contributed by atoms with Crippen LogP contribution in [0.15, 0.2) is 97.1 Å². The minimum atomic E-state index is -0.388. The summed E-state index contributed by atoms with van der Waals surface area (Å²) in [6.45, 7) is 6.58. The predicted molar refractivity (Wildman–Crippen MR) is 190 cm³/mol. The fraction of sp³-hybridized carbons (Fsp3) is 0.308. The van der Waals surface area contributed by atoms with Gasteiger partial charge in [0.1, 0.15) is 12.4 Å². The molecule has 2 amide bonds. The number of nitrogens with one attached hydrogen (secondary N) is 1. The molecule has 4 aromatic carbocycles. The number of rotatable bonds is 10. The number of nitrogens with zero attached hydrogens (tertiary/aromatic N) is 3. The number of carbonyl (C=O) groups is 3. The number of likely N-dealkylation sites (tertiary alicyclic amines) is 1. The van der Waals surface area contributed by atoms with Crippen molar-refractivity contribution in [2.75, 3.05) is 45.6 Å². The molecule has 250 valence electrons. The maximum absolute atomic E-state index is 12.4. The SMILES string of the molecule is CN(C)CCN1CCC(OC(=O)Nc2ccccc2-c2ccccc2)CC1.NC(=O)c1ccc2c(c1)CN(Cc1ccc(C=O)cc1)C2. The lowest BCUT2D eigenvalue weighted by atomic mass is 10.0. The number of para-hydroxylation sites is 1. The lowest BCUT2D eigenvalue weighted by Crippen LogP contribution is -2.41. The van der Waals surface area contributed by atoms with Crippen LogP contribution in [0.2, 0.25) is 0 Å². The molecule has 2 aliphatic heterocycles. The number of piperidine rings is 1. The molecule has 0 bridgehead atoms. The molecule has 1 fully saturated rings. The summed E-state index contributed by atoms with van der Waals surface area (Å²) in [5.74, 6) is -0.388. The number of ether oxygens (including phenoxy) is 1. The van der Waals surface area contributed by atoms with E-state index < -0.39 is 0 Å². The summed E-state index contributed by atoms with van der Waals surface area (Å²) in [7, 11) is 4.18. The third-order valence-electron chi connectivity index (χ3n) is 8.72. The highest BCUT2D eigenvalue weighted by Gasteiger charge is 2.23. The smallest absolute Gasteiger partial charge is 0.411 e. The molecule has 48 heavy (non-hydrogen) atoms. The Labute approximate surface area is 283 Å². The van der Waals surface area contributed by atoms with Crippen LogP contribution in [0.1, 0.15) is 50.2 Å². The highest BCUT2D eigenvalue weighted by atomic mass is 16.6. The fourth-order valence-electron chi connectivity index (χ4n) is 6.03. The third-order valence-corrected chi connectivity index (χ3v) is 8.72. The van der Waals surface area contributed by atoms with Crippen LogP contribution in [-0.4, -0.2) is 79.4 Å². The van der Waals surface area contributed by atoms with Gasteiger partial charge in [-0.3, -0.25) is 19.8 Å². The Balaban J connectivity index is 0.000000194. The van der Waals surface area contributed by atoms with E-state index in [4.69, 9.17) is 10.5 Å². The van der Waals surface area contributed by atoms with Crippen molar-refractivity contribution >= 4 is 24.0 Å². The van der Waals surface area contributed by atoms with Gasteiger partial charge in [-0.15, -0.1) is 0 Å². The molecule has 0 atom stereocenters. The number of amides is 2. The summed E-state index contributed by atoms with van der Waals surface area (Å²) in [4.78, 5) is 41.2. The monoisotopic (exact) mass is 647 g/mol. The van der Waals surface area contributed by atoms with E-state index >= 15 is 0 Å². The predicted octanol–water partition coefficient (Wildman–Crippen LogP) is 6.04. The van der Waals surface area contributed by atoms with Crippen LogP contribution in [0.5, 0.6) is 0 Å². The van der Waals surface area contributed by atoms with Crippen molar-refractivity contribution in [2.24, 2.45) is 5.73 Å². The average molecular weight is 648 g/mol. The second-order valence-corrected chi connectivity index (χ2v) is 12.6. The van der Waals surface area contributed by atoms with Gasteiger partial charge in [0.2, 0.25) is 5.91 Å². The van der Waals surface area contributed by atoms with Crippen molar-refractivity contribution in [3.05, 3.63) is 125 Å². The standard InChI is InChI=1S/C22H29N3O2.C17H16N2O2/c1-24(2)16-17-25-14-12-19(13-15-25)27-22(26)23-21-11-7-6-10-20(21)18-8-4-3-5-9-18;18-17(21)14-5-6-15-9-19(10-16(15)7-14)8-12-1-3-13(11-20)4-2-12/h3-11,19H,12-17H2,1-2H3,(H,23,26);1-7,11H,8-10H2,(H2,18,21). The van der Waals surface area contributed by atoms with Crippen LogP contribution < -0.4 is 11.1 Å². The summed E-state index contributed by atoms with van der Waals surface area (Å²) in [5, 5.41) is 2.93. The first-order valence-electron chi connectivity index (χ1n) is 16.4. The average Bonchev–Trinajstić information content (AvgIpc) is 3.51. The van der Waals surface area contributed by atoms with Gasteiger partial charge in [0.15, 0.2) is 0 Å². The summed E-state index contributed by atoms with van der Waals surface area (Å²) < 4.78 is 5.67. The molecule has 6 rings (SSSR count). The van der Waals surface area contributed by atoms with E-state index in [0.29, 0.717) is 11.1 Å². The summed E-state index contributed by atoms with van der Waals surface area (Å²) in [6.07, 6.45) is 2.25. The lowest BCUT2D eigenvalue weighted by Gasteiger charge is -2.32. The van der Waals surface area contributed by atoms with Crippen LogP contribution in [0.4, 0.5) is 10.5 Å². The van der Waals surface area contributed by atoms with Crippen LogP contribution in [0.3, 0.4) is 0 Å². The van der Waals surface area contributed by atoms with Gasteiger partial charge in [-0.25, -0.2) is 4.79 Å². The second kappa shape index (κ2) is 16.8. The molecule has 0 radical (unpaired) electrons. The Morgan fingerprint density at radius 1 is 0.875 bits per heavy atom. The maximum Gasteiger partial charge on any atom is 0.411 e. The van der Waals surface area contributed by atoms with Crippen molar-refractivity contribution in [1.82, 2.24) is 14.7 Å². The first-order chi connectivity index (χ1) is 23.3. The first kappa shape index (κ1) is 34.5. The van der Waals surface area contributed by atoms with Gasteiger partial charge in [-0.2, -0.15) is 0 Å². The number of benzene rings is 4. The topological polar surface area (TPSA) is 108 Å². The van der Waals surface area contributed by atoms with Gasteiger partial charge in [-0.1, -0.05) is 78.9 Å². The molecule has 9 heteroatoms. The van der Waals surface area contributed by atoms with E-state index in [2.05, 4.69) is 34.1 Å². The van der Waals surface area contributed by atoms with Crippen LogP contribution in [0.25, 0.3) is 11.1 Å². The summed E-state index contributed by atoms with van der Waals surface area (Å²) in [6, 6.07) is 31.1. The Hall–Kier alpha value is -4.83. The largest absolute Gasteiger partial charge is 0.446 e. The Morgan fingerprint density at radius 2 is 1.56 bits per heavy atom. The van der Waals surface area contributed by atoms with E-state index in [1.807, 2.05) is 91.0 Å². The highest BCUT2D eigenvalue weighted by molar-refractivity contribution is 5.93. The van der Waals surface area contributed by atoms with Gasteiger partial charge in [0.05, 0.1) is 5.69 Å². The van der Waals surface area contributed by atoms with Crippen molar-refractivity contribution in [3.63, 3.8) is 0 Å². The van der Waals surface area contributed by atoms with E-state index in [9.17, 15) is 14.4 Å². The number of hydrogen-bond donors (Lipinski definition) is 2. The van der Waals surface area contributed by atoms with E-state index in [1.54, 1.807) is 6.07 Å². The fourth-order valence-corrected chi connectivity index (χ4v) is 6.03. The molecular formula is C39H45N5O4. The van der Waals surface area contributed by atoms with Crippen LogP contribution in [0, 0.1) is 0 Å². The molecule has 0 saturated carbocycles. The first-order valence-corrected chi connectivity index (χ1v) is 16.4. The molecule has 0 spiro atoms. The number of anilines is 1. The van der Waals surface area contributed by atoms with Gasteiger partial charge in [-0.05, 0) is 67.4 Å². The second-order valence-electron chi connectivity index (χ2n) is 12.6. The Kier molecular flexibility index (Phi) is 12.1. The van der Waals surface area contributed by atoms with Gasteiger partial charge in [0, 0.05) is 62.5 Å². The van der Waals surface area contributed by atoms with Crippen molar-refractivity contribution < 1.29 is 19.1 Å². The molecule has 4 aromatic rings. The molecule has 0 unspecified atom stereocenters. The Morgan fingerprint density at radius 3 is 2.25 bits per heavy atom. The van der Waals surface area contributed by atoms with Crippen LogP contribution >= 0.6 is 0 Å². The normalized spacial score (nSPS) is 14.9. The Bertz CT molecular complexity index is 1670. The molecule has 0 aliphatic carbocycles. The summed E-state index contributed by atoms with van der Waals surface area (Å²) >= 11 is 0. The molecule has 0 aromatic heterocycles. The quantitative estimate of drug-likeness (QED) is 0.202. The lowest BCUT2D eigenvalue weighted by molar-refractivity contribution is 0.0572. The third kappa shape index (κ3) is 9.84. The number of primary amides is 1. The highest BCUT2D eigenvalue weighted by Crippen LogP contribution is 2.28. The van der Waals surface area contributed by atoms with Crippen molar-refractivity contribution in [3.8, 4) is 11.1 Å². The van der Waals surface area contributed by atoms with E-state index in [0.717, 1.165) is 87.3 Å². The molecule has 9 nitrogen and oxygen atoms in total. The molecular weight excluding hydrogens is 602 g/mol. The number of hydrogen-bond acceptors (Lipinski definition) is 7. The zero-order valence-corrected chi connectivity index (χ0v) is 27.8.